The van der Waals surface area contributed by atoms with Gasteiger partial charge in [0, 0.05) is 25.1 Å². The van der Waals surface area contributed by atoms with E-state index in [-0.39, 0.29) is 0 Å². The van der Waals surface area contributed by atoms with Gasteiger partial charge >= 0.3 is 0 Å². The SMILES string of the molecule is COCCn1cnnc1Cc1ccccc1Cl. The zero-order chi connectivity index (χ0) is 12.1. The summed E-state index contributed by atoms with van der Waals surface area (Å²) in [6.45, 7) is 1.40. The van der Waals surface area contributed by atoms with E-state index in [2.05, 4.69) is 10.2 Å². The summed E-state index contributed by atoms with van der Waals surface area (Å²) in [5.74, 6) is 0.898. The summed E-state index contributed by atoms with van der Waals surface area (Å²) in [5.41, 5.74) is 1.06. The summed E-state index contributed by atoms with van der Waals surface area (Å²) in [7, 11) is 1.68. The van der Waals surface area contributed by atoms with Crippen molar-refractivity contribution in [3.05, 3.63) is 47.0 Å². The van der Waals surface area contributed by atoms with Crippen molar-refractivity contribution < 1.29 is 4.74 Å². The molecule has 0 saturated carbocycles. The van der Waals surface area contributed by atoms with E-state index >= 15 is 0 Å². The van der Waals surface area contributed by atoms with Gasteiger partial charge in [-0.2, -0.15) is 0 Å². The molecule has 0 aliphatic heterocycles. The molecule has 2 rings (SSSR count). The van der Waals surface area contributed by atoms with Gasteiger partial charge in [0.25, 0.3) is 0 Å². The molecule has 0 unspecified atom stereocenters. The summed E-state index contributed by atoms with van der Waals surface area (Å²) < 4.78 is 7.02. The number of aromatic nitrogens is 3. The number of nitrogens with zero attached hydrogens (tertiary/aromatic N) is 3. The predicted octanol–water partition coefficient (Wildman–Crippen LogP) is 2.17. The summed E-state index contributed by atoms with van der Waals surface area (Å²) in [5, 5.41) is 8.78. The lowest BCUT2D eigenvalue weighted by molar-refractivity contribution is 0.186. The Morgan fingerprint density at radius 2 is 2.18 bits per heavy atom. The number of hydrogen-bond acceptors (Lipinski definition) is 3. The van der Waals surface area contributed by atoms with Crippen LogP contribution in [-0.4, -0.2) is 28.5 Å². The Labute approximate surface area is 105 Å². The Kier molecular flexibility index (Phi) is 4.12. The van der Waals surface area contributed by atoms with Crippen LogP contribution >= 0.6 is 11.6 Å². The molecule has 90 valence electrons. The average Bonchev–Trinajstić information content (AvgIpc) is 2.77. The summed E-state index contributed by atoms with van der Waals surface area (Å²) in [4.78, 5) is 0. The monoisotopic (exact) mass is 251 g/mol. The number of ether oxygens (including phenoxy) is 1. The first-order valence-electron chi connectivity index (χ1n) is 5.40. The standard InChI is InChI=1S/C12H14ClN3O/c1-17-7-6-16-9-14-15-12(16)8-10-4-2-3-5-11(10)13/h2-5,9H,6-8H2,1H3. The first-order valence-corrected chi connectivity index (χ1v) is 5.78. The van der Waals surface area contributed by atoms with Crippen molar-refractivity contribution in [3.63, 3.8) is 0 Å². The molecular weight excluding hydrogens is 238 g/mol. The first-order chi connectivity index (χ1) is 8.31. The largest absolute Gasteiger partial charge is 0.383 e. The highest BCUT2D eigenvalue weighted by Gasteiger charge is 2.07. The third kappa shape index (κ3) is 3.05. The lowest BCUT2D eigenvalue weighted by atomic mass is 10.1. The lowest BCUT2D eigenvalue weighted by Crippen LogP contribution is -2.08. The van der Waals surface area contributed by atoms with Gasteiger partial charge in [-0.15, -0.1) is 10.2 Å². The van der Waals surface area contributed by atoms with E-state index in [0.717, 1.165) is 23.0 Å². The van der Waals surface area contributed by atoms with Crippen LogP contribution in [0.25, 0.3) is 0 Å². The van der Waals surface area contributed by atoms with Gasteiger partial charge in [-0.25, -0.2) is 0 Å². The fourth-order valence-corrected chi connectivity index (χ4v) is 1.81. The van der Waals surface area contributed by atoms with E-state index in [4.69, 9.17) is 16.3 Å². The number of hydrogen-bond donors (Lipinski definition) is 0. The third-order valence-corrected chi connectivity index (χ3v) is 2.91. The Balaban J connectivity index is 2.13. The fourth-order valence-electron chi connectivity index (χ4n) is 1.60. The highest BCUT2D eigenvalue weighted by Crippen LogP contribution is 2.17. The zero-order valence-electron chi connectivity index (χ0n) is 9.64. The Morgan fingerprint density at radius 3 is 2.94 bits per heavy atom. The van der Waals surface area contributed by atoms with Gasteiger partial charge in [-0.3, -0.25) is 0 Å². The lowest BCUT2D eigenvalue weighted by Gasteiger charge is -2.06. The van der Waals surface area contributed by atoms with Gasteiger partial charge in [0.2, 0.25) is 0 Å². The van der Waals surface area contributed by atoms with Gasteiger partial charge in [0.05, 0.1) is 6.61 Å². The maximum absolute atomic E-state index is 6.12. The molecule has 2 aromatic rings. The molecule has 0 N–H and O–H groups in total. The molecule has 5 heteroatoms. The minimum Gasteiger partial charge on any atom is -0.383 e. The zero-order valence-corrected chi connectivity index (χ0v) is 10.4. The molecule has 0 amide bonds. The smallest absolute Gasteiger partial charge is 0.137 e. The second kappa shape index (κ2) is 5.80. The molecule has 0 aliphatic rings. The molecular formula is C12H14ClN3O. The van der Waals surface area contributed by atoms with Gasteiger partial charge in [-0.1, -0.05) is 29.8 Å². The Bertz CT molecular complexity index is 484. The summed E-state index contributed by atoms with van der Waals surface area (Å²) >= 11 is 6.12. The van der Waals surface area contributed by atoms with Crippen LogP contribution in [0.15, 0.2) is 30.6 Å². The maximum Gasteiger partial charge on any atom is 0.137 e. The van der Waals surface area contributed by atoms with E-state index in [1.807, 2.05) is 28.8 Å². The van der Waals surface area contributed by atoms with Crippen LogP contribution in [0, 0.1) is 0 Å². The van der Waals surface area contributed by atoms with Crippen molar-refractivity contribution in [2.45, 2.75) is 13.0 Å². The Morgan fingerprint density at radius 1 is 1.35 bits per heavy atom. The molecule has 0 fully saturated rings. The second-order valence-electron chi connectivity index (χ2n) is 3.70. The van der Waals surface area contributed by atoms with Crippen molar-refractivity contribution in [2.24, 2.45) is 0 Å². The predicted molar refractivity (Wildman–Crippen MR) is 66.2 cm³/mol. The topological polar surface area (TPSA) is 39.9 Å². The third-order valence-electron chi connectivity index (χ3n) is 2.54. The van der Waals surface area contributed by atoms with Gasteiger partial charge < -0.3 is 9.30 Å². The fraction of sp³-hybridized carbons (Fsp3) is 0.333. The highest BCUT2D eigenvalue weighted by molar-refractivity contribution is 6.31. The van der Waals surface area contributed by atoms with E-state index < -0.39 is 0 Å². The van der Waals surface area contributed by atoms with E-state index in [1.54, 1.807) is 13.4 Å². The van der Waals surface area contributed by atoms with Gasteiger partial charge in [0.1, 0.15) is 12.2 Å². The molecule has 0 bridgehead atoms. The molecule has 4 nitrogen and oxygen atoms in total. The van der Waals surface area contributed by atoms with Crippen molar-refractivity contribution in [2.75, 3.05) is 13.7 Å². The van der Waals surface area contributed by atoms with Crippen molar-refractivity contribution >= 4 is 11.6 Å². The first kappa shape index (κ1) is 12.1. The van der Waals surface area contributed by atoms with E-state index in [0.29, 0.717) is 13.0 Å². The van der Waals surface area contributed by atoms with Crippen LogP contribution < -0.4 is 0 Å². The van der Waals surface area contributed by atoms with Crippen LogP contribution in [0.5, 0.6) is 0 Å². The van der Waals surface area contributed by atoms with Gasteiger partial charge in [-0.05, 0) is 11.6 Å². The molecule has 1 aromatic heterocycles. The molecule has 1 heterocycles. The van der Waals surface area contributed by atoms with Crippen LogP contribution in [0.1, 0.15) is 11.4 Å². The van der Waals surface area contributed by atoms with Crippen LogP contribution in [-0.2, 0) is 17.7 Å². The van der Waals surface area contributed by atoms with Crippen LogP contribution in [0.4, 0.5) is 0 Å². The van der Waals surface area contributed by atoms with E-state index in [1.165, 1.54) is 0 Å². The normalized spacial score (nSPS) is 10.7. The summed E-state index contributed by atoms with van der Waals surface area (Å²) in [6, 6.07) is 7.77. The molecule has 1 aromatic carbocycles. The molecule has 0 aliphatic carbocycles. The highest BCUT2D eigenvalue weighted by atomic mass is 35.5. The van der Waals surface area contributed by atoms with Crippen LogP contribution in [0.3, 0.4) is 0 Å². The molecule has 0 radical (unpaired) electrons. The number of methoxy groups -OCH3 is 1. The summed E-state index contributed by atoms with van der Waals surface area (Å²) in [6.07, 6.45) is 2.40. The van der Waals surface area contributed by atoms with Crippen molar-refractivity contribution in [1.29, 1.82) is 0 Å². The van der Waals surface area contributed by atoms with Gasteiger partial charge in [0.15, 0.2) is 0 Å². The Hall–Kier alpha value is -1.39. The minimum absolute atomic E-state index is 0.646. The maximum atomic E-state index is 6.12. The number of benzene rings is 1. The van der Waals surface area contributed by atoms with Crippen LogP contribution in [0.2, 0.25) is 5.02 Å². The van der Waals surface area contributed by atoms with Crippen molar-refractivity contribution in [3.8, 4) is 0 Å². The minimum atomic E-state index is 0.646. The quantitative estimate of drug-likeness (QED) is 0.818. The second-order valence-corrected chi connectivity index (χ2v) is 4.11. The molecule has 0 saturated heterocycles. The van der Waals surface area contributed by atoms with Crippen molar-refractivity contribution in [1.82, 2.24) is 14.8 Å². The molecule has 0 spiro atoms. The van der Waals surface area contributed by atoms with E-state index in [9.17, 15) is 0 Å². The molecule has 17 heavy (non-hydrogen) atoms. The number of rotatable bonds is 5. The molecule has 0 atom stereocenters. The number of halogens is 1. The average molecular weight is 252 g/mol.